The topological polar surface area (TPSA) is 113 Å². The summed E-state index contributed by atoms with van der Waals surface area (Å²) in [5.41, 5.74) is 0.605. The number of nitrogens with zero attached hydrogens (tertiary/aromatic N) is 1. The van der Waals surface area contributed by atoms with E-state index in [1.165, 1.54) is 18.4 Å². The quantitative estimate of drug-likeness (QED) is 0.386. The number of anilines is 1. The minimum atomic E-state index is -4.06. The van der Waals surface area contributed by atoms with E-state index in [0.29, 0.717) is 48.4 Å². The van der Waals surface area contributed by atoms with Crippen LogP contribution < -0.4 is 19.5 Å². The average molecular weight is 483 g/mol. The Morgan fingerprint density at radius 1 is 1.03 bits per heavy atom. The van der Waals surface area contributed by atoms with E-state index in [1.54, 1.807) is 42.5 Å². The molecule has 0 bridgehead atoms. The van der Waals surface area contributed by atoms with Crippen LogP contribution in [0.15, 0.2) is 79.6 Å². The summed E-state index contributed by atoms with van der Waals surface area (Å²) in [6.07, 6.45) is 1.54. The molecule has 4 aromatic rings. The Kier molecular flexibility index (Phi) is 5.89. The van der Waals surface area contributed by atoms with Crippen molar-refractivity contribution in [2.45, 2.75) is 23.4 Å². The molecule has 3 heterocycles. The van der Waals surface area contributed by atoms with Crippen LogP contribution in [0, 0.1) is 0 Å². The molecule has 9 nitrogen and oxygen atoms in total. The molecule has 5 rings (SSSR count). The Bertz CT molecular complexity index is 1380. The van der Waals surface area contributed by atoms with Crippen molar-refractivity contribution in [2.24, 2.45) is 0 Å². The van der Waals surface area contributed by atoms with E-state index in [1.807, 2.05) is 6.92 Å². The van der Waals surface area contributed by atoms with Crippen molar-refractivity contribution >= 4 is 15.7 Å². The SMILES string of the molecule is CCOc1ccc(-c2nc(S(=O)(=O)c3ccc4c(c3)OCCO4)c(NCc3ccco3)o2)cc1. The number of hydrogen-bond acceptors (Lipinski definition) is 9. The molecular formula is C24H22N2O7S. The van der Waals surface area contributed by atoms with E-state index in [-0.39, 0.29) is 28.2 Å². The molecule has 1 aliphatic heterocycles. The average Bonchev–Trinajstić information content (AvgIpc) is 3.53. The van der Waals surface area contributed by atoms with Crippen LogP contribution in [0.3, 0.4) is 0 Å². The lowest BCUT2D eigenvalue weighted by Crippen LogP contribution is -2.16. The Hall–Kier alpha value is -3.92. The van der Waals surface area contributed by atoms with Crippen molar-refractivity contribution in [1.29, 1.82) is 0 Å². The monoisotopic (exact) mass is 482 g/mol. The molecule has 0 amide bonds. The van der Waals surface area contributed by atoms with Crippen LogP contribution in [-0.2, 0) is 16.4 Å². The minimum Gasteiger partial charge on any atom is -0.494 e. The first-order valence-electron chi connectivity index (χ1n) is 10.7. The number of ether oxygens (including phenoxy) is 3. The highest BCUT2D eigenvalue weighted by atomic mass is 32.2. The minimum absolute atomic E-state index is 0.00942. The molecule has 1 N–H and O–H groups in total. The van der Waals surface area contributed by atoms with Gasteiger partial charge in [-0.05, 0) is 55.5 Å². The van der Waals surface area contributed by atoms with Gasteiger partial charge in [0.25, 0.3) is 0 Å². The second kappa shape index (κ2) is 9.14. The summed E-state index contributed by atoms with van der Waals surface area (Å²) in [4.78, 5) is 4.37. The third kappa shape index (κ3) is 4.32. The first kappa shape index (κ1) is 21.9. The van der Waals surface area contributed by atoms with Gasteiger partial charge in [-0.3, -0.25) is 0 Å². The summed E-state index contributed by atoms with van der Waals surface area (Å²) in [6, 6.07) is 15.0. The van der Waals surface area contributed by atoms with E-state index in [0.717, 1.165) is 0 Å². The van der Waals surface area contributed by atoms with Crippen LogP contribution >= 0.6 is 0 Å². The zero-order chi connectivity index (χ0) is 23.5. The smallest absolute Gasteiger partial charge is 0.234 e. The van der Waals surface area contributed by atoms with Gasteiger partial charge >= 0.3 is 0 Å². The second-order valence-corrected chi connectivity index (χ2v) is 9.22. The normalized spacial score (nSPS) is 13.0. The maximum absolute atomic E-state index is 13.6. The standard InChI is InChI=1S/C24H22N2O7S/c1-2-29-17-7-5-16(6-8-17)22-26-24(23(33-22)25-15-18-4-3-11-30-18)34(27,28)19-9-10-20-21(14-19)32-13-12-31-20/h3-11,14,25H,2,12-13,15H2,1H3. The maximum Gasteiger partial charge on any atom is 0.234 e. The second-order valence-electron chi connectivity index (χ2n) is 7.35. The molecule has 0 saturated carbocycles. The van der Waals surface area contributed by atoms with Crippen LogP contribution in [-0.4, -0.2) is 33.2 Å². The van der Waals surface area contributed by atoms with Crippen molar-refractivity contribution in [2.75, 3.05) is 25.1 Å². The van der Waals surface area contributed by atoms with Crippen LogP contribution in [0.2, 0.25) is 0 Å². The number of rotatable bonds is 8. The van der Waals surface area contributed by atoms with E-state index >= 15 is 0 Å². The zero-order valence-electron chi connectivity index (χ0n) is 18.3. The number of furan rings is 1. The molecule has 2 aromatic carbocycles. The molecule has 176 valence electrons. The van der Waals surface area contributed by atoms with E-state index in [9.17, 15) is 8.42 Å². The molecule has 0 saturated heterocycles. The van der Waals surface area contributed by atoms with Gasteiger partial charge in [-0.25, -0.2) is 8.42 Å². The summed E-state index contributed by atoms with van der Waals surface area (Å²) < 4.78 is 54.9. The Morgan fingerprint density at radius 2 is 1.82 bits per heavy atom. The number of nitrogens with one attached hydrogen (secondary N) is 1. The van der Waals surface area contributed by atoms with Crippen molar-refractivity contribution < 1.29 is 31.5 Å². The fourth-order valence-corrected chi connectivity index (χ4v) is 4.76. The molecule has 0 radical (unpaired) electrons. The third-order valence-corrected chi connectivity index (χ3v) is 6.75. The summed E-state index contributed by atoms with van der Waals surface area (Å²) in [5.74, 6) is 2.33. The van der Waals surface area contributed by atoms with Gasteiger partial charge in [0, 0.05) is 11.6 Å². The van der Waals surface area contributed by atoms with Gasteiger partial charge in [0.05, 0.1) is 24.3 Å². The van der Waals surface area contributed by atoms with Crippen molar-refractivity contribution in [1.82, 2.24) is 4.98 Å². The predicted molar refractivity (Wildman–Crippen MR) is 122 cm³/mol. The summed E-state index contributed by atoms with van der Waals surface area (Å²) in [5, 5.41) is 2.76. The fraction of sp³-hybridized carbons (Fsp3) is 0.208. The molecule has 0 unspecified atom stereocenters. The van der Waals surface area contributed by atoms with Gasteiger partial charge in [-0.1, -0.05) is 0 Å². The number of benzene rings is 2. The van der Waals surface area contributed by atoms with Crippen molar-refractivity contribution in [3.63, 3.8) is 0 Å². The lowest BCUT2D eigenvalue weighted by atomic mass is 10.2. The maximum atomic E-state index is 13.6. The fourth-order valence-electron chi connectivity index (χ4n) is 3.47. The number of aromatic nitrogens is 1. The zero-order valence-corrected chi connectivity index (χ0v) is 19.1. The molecule has 10 heteroatoms. The molecule has 2 aromatic heterocycles. The van der Waals surface area contributed by atoms with Crippen LogP contribution in [0.5, 0.6) is 17.2 Å². The lowest BCUT2D eigenvalue weighted by Gasteiger charge is -2.18. The Labute approximate surface area is 196 Å². The summed E-state index contributed by atoms with van der Waals surface area (Å²) in [7, 11) is -4.06. The lowest BCUT2D eigenvalue weighted by molar-refractivity contribution is 0.171. The van der Waals surface area contributed by atoms with Crippen molar-refractivity contribution in [3.05, 3.63) is 66.6 Å². The highest BCUT2D eigenvalue weighted by Gasteiger charge is 2.30. The van der Waals surface area contributed by atoms with Gasteiger partial charge in [0.15, 0.2) is 11.5 Å². The van der Waals surface area contributed by atoms with Gasteiger partial charge in [0.1, 0.15) is 24.7 Å². The largest absolute Gasteiger partial charge is 0.494 e. The van der Waals surface area contributed by atoms with Crippen LogP contribution in [0.25, 0.3) is 11.5 Å². The Balaban J connectivity index is 1.53. The number of fused-ring (bicyclic) bond motifs is 1. The number of hydrogen-bond donors (Lipinski definition) is 1. The first-order valence-corrected chi connectivity index (χ1v) is 12.2. The summed E-state index contributed by atoms with van der Waals surface area (Å²) >= 11 is 0. The van der Waals surface area contributed by atoms with E-state index in [2.05, 4.69) is 10.3 Å². The molecule has 0 aliphatic carbocycles. The molecule has 0 fully saturated rings. The highest BCUT2D eigenvalue weighted by Crippen LogP contribution is 2.37. The Morgan fingerprint density at radius 3 is 2.56 bits per heavy atom. The molecule has 0 spiro atoms. The predicted octanol–water partition coefficient (Wildman–Crippen LogP) is 4.55. The van der Waals surface area contributed by atoms with Gasteiger partial charge in [-0.2, -0.15) is 4.98 Å². The summed E-state index contributed by atoms with van der Waals surface area (Å²) in [6.45, 7) is 3.41. The third-order valence-electron chi connectivity index (χ3n) is 5.09. The molecule has 34 heavy (non-hydrogen) atoms. The molecular weight excluding hydrogens is 460 g/mol. The molecule has 1 aliphatic rings. The van der Waals surface area contributed by atoms with Crippen LogP contribution in [0.1, 0.15) is 12.7 Å². The van der Waals surface area contributed by atoms with Crippen LogP contribution in [0.4, 0.5) is 5.88 Å². The van der Waals surface area contributed by atoms with Crippen molar-refractivity contribution in [3.8, 4) is 28.7 Å². The van der Waals surface area contributed by atoms with E-state index in [4.69, 9.17) is 23.0 Å². The first-order chi connectivity index (χ1) is 16.5. The van der Waals surface area contributed by atoms with Gasteiger partial charge in [0.2, 0.25) is 26.6 Å². The van der Waals surface area contributed by atoms with Gasteiger partial charge < -0.3 is 28.4 Å². The molecule has 0 atom stereocenters. The van der Waals surface area contributed by atoms with E-state index < -0.39 is 9.84 Å². The highest BCUT2D eigenvalue weighted by molar-refractivity contribution is 7.91. The van der Waals surface area contributed by atoms with Gasteiger partial charge in [-0.15, -0.1) is 0 Å². The number of sulfone groups is 1. The number of oxazole rings is 1.